The van der Waals surface area contributed by atoms with E-state index in [9.17, 15) is 14.4 Å². The van der Waals surface area contributed by atoms with Crippen LogP contribution in [0.4, 0.5) is 0 Å². The molecule has 0 aliphatic heterocycles. The molecule has 0 aromatic carbocycles. The Kier molecular flexibility index (Phi) is 11.3. The summed E-state index contributed by atoms with van der Waals surface area (Å²) in [6.45, 7) is 20.7. The fraction of sp³-hybridized carbons (Fsp3) is 0.857. The molecule has 32 heavy (non-hydrogen) atoms. The predicted octanol–water partition coefficient (Wildman–Crippen LogP) is 2.43. The van der Waals surface area contributed by atoms with E-state index in [4.69, 9.17) is 19.7 Å². The zero-order chi connectivity index (χ0) is 25.5. The Bertz CT molecular complexity index is 657. The van der Waals surface area contributed by atoms with Crippen molar-refractivity contribution in [2.45, 2.75) is 96.4 Å². The summed E-state index contributed by atoms with van der Waals surface area (Å²) in [4.78, 5) is 37.3. The summed E-state index contributed by atoms with van der Waals surface area (Å²) in [6.07, 6.45) is -2.62. The molecule has 0 fully saturated rings. The summed E-state index contributed by atoms with van der Waals surface area (Å²) in [7, 11) is -4.98. The van der Waals surface area contributed by atoms with Gasteiger partial charge in [0.15, 0.2) is 28.8 Å². The zero-order valence-corrected chi connectivity index (χ0v) is 23.5. The maximum Gasteiger partial charge on any atom is 0.305 e. The first-order valence-corrected chi connectivity index (χ1v) is 16.9. The van der Waals surface area contributed by atoms with Crippen LogP contribution in [0.15, 0.2) is 0 Å². The normalized spacial score (nSPS) is 15.1. The number of nitrogens with one attached hydrogen (secondary N) is 2. The monoisotopic (exact) mass is 491 g/mol. The molecule has 0 spiro atoms. The third-order valence-electron chi connectivity index (χ3n) is 6.33. The summed E-state index contributed by atoms with van der Waals surface area (Å²) >= 11 is 0. The summed E-state index contributed by atoms with van der Waals surface area (Å²) in [5.74, 6) is -2.04. The van der Waals surface area contributed by atoms with E-state index in [-0.39, 0.29) is 36.1 Å². The Balaban J connectivity index is 6.24. The van der Waals surface area contributed by atoms with Crippen molar-refractivity contribution in [1.82, 2.24) is 10.6 Å². The molecule has 0 aliphatic carbocycles. The van der Waals surface area contributed by atoms with Crippen LogP contribution in [0, 0.1) is 0 Å². The molecule has 0 bridgehead atoms. The van der Waals surface area contributed by atoms with Crippen LogP contribution in [0.1, 0.15) is 48.0 Å². The fourth-order valence-corrected chi connectivity index (χ4v) is 4.62. The predicted molar refractivity (Wildman–Crippen MR) is 131 cm³/mol. The minimum atomic E-state index is -2.50. The lowest BCUT2D eigenvalue weighted by Gasteiger charge is -2.44. The first-order chi connectivity index (χ1) is 14.3. The summed E-state index contributed by atoms with van der Waals surface area (Å²) in [5.41, 5.74) is 5.56. The first-order valence-electron chi connectivity index (χ1n) is 11.1. The maximum atomic E-state index is 13.2. The number of hydrogen-bond donors (Lipinski definition) is 4. The molecular weight excluding hydrogens is 446 g/mol. The lowest BCUT2D eigenvalue weighted by Crippen LogP contribution is -2.60. The largest absolute Gasteiger partial charge is 0.481 e. The number of hydrogen-bond acceptors (Lipinski definition) is 6. The van der Waals surface area contributed by atoms with E-state index < -0.39 is 46.6 Å². The van der Waals surface area contributed by atoms with Gasteiger partial charge in [-0.1, -0.05) is 41.5 Å². The molecule has 2 atom stereocenters. The average Bonchev–Trinajstić information content (AvgIpc) is 2.60. The van der Waals surface area contributed by atoms with Gasteiger partial charge in [0.25, 0.3) is 11.8 Å². The Morgan fingerprint density at radius 2 is 1.16 bits per heavy atom. The van der Waals surface area contributed by atoms with Gasteiger partial charge in [-0.05, 0) is 36.3 Å². The van der Waals surface area contributed by atoms with Gasteiger partial charge in [0.2, 0.25) is 0 Å². The van der Waals surface area contributed by atoms with Gasteiger partial charge in [-0.25, -0.2) is 0 Å². The Morgan fingerprint density at radius 3 is 1.44 bits per heavy atom. The molecule has 0 radical (unpaired) electrons. The van der Waals surface area contributed by atoms with E-state index in [1.54, 1.807) is 0 Å². The summed E-state index contributed by atoms with van der Waals surface area (Å²) < 4.78 is 12.9. The fourth-order valence-electron chi connectivity index (χ4n) is 2.18. The number of aliphatic carboxylic acids is 1. The highest BCUT2D eigenvalue weighted by atomic mass is 28.4. The summed E-state index contributed by atoms with van der Waals surface area (Å²) in [5, 5.41) is 13.8. The highest BCUT2D eigenvalue weighted by molar-refractivity contribution is 6.75. The molecule has 0 saturated heterocycles. The van der Waals surface area contributed by atoms with Crippen molar-refractivity contribution in [3.05, 3.63) is 0 Å². The number of carbonyl (C=O) groups excluding carboxylic acids is 2. The van der Waals surface area contributed by atoms with Gasteiger partial charge in [-0.15, -0.1) is 0 Å². The standard InChI is InChI=1S/C21H45N3O6Si2/c1-20(2,3)31(7,8)29-16(18(27)23-13-11-15(25)26)17(19(28)24-14-12-22)30-32(9,10)21(4,5)6/h16-17H,11-14,22H2,1-10H3,(H,23,27)(H,24,28)(H,25,26). The van der Waals surface area contributed by atoms with Crippen LogP contribution in [-0.4, -0.2) is 71.4 Å². The molecule has 9 nitrogen and oxygen atoms in total. The second-order valence-electron chi connectivity index (χ2n) is 11.1. The van der Waals surface area contributed by atoms with E-state index in [2.05, 4.69) is 10.6 Å². The van der Waals surface area contributed by atoms with Crippen molar-refractivity contribution in [3.8, 4) is 0 Å². The molecule has 0 rings (SSSR count). The van der Waals surface area contributed by atoms with Crippen LogP contribution >= 0.6 is 0 Å². The van der Waals surface area contributed by atoms with Gasteiger partial charge in [0.05, 0.1) is 6.42 Å². The van der Waals surface area contributed by atoms with Gasteiger partial charge in [0.1, 0.15) is 0 Å². The van der Waals surface area contributed by atoms with Crippen molar-refractivity contribution in [1.29, 1.82) is 0 Å². The number of amides is 2. The van der Waals surface area contributed by atoms with Crippen LogP contribution in [0.2, 0.25) is 36.3 Å². The topological polar surface area (TPSA) is 140 Å². The first kappa shape index (κ1) is 30.7. The molecule has 11 heteroatoms. The van der Waals surface area contributed by atoms with Crippen LogP contribution in [0.5, 0.6) is 0 Å². The van der Waals surface area contributed by atoms with Crippen molar-refractivity contribution in [3.63, 3.8) is 0 Å². The average molecular weight is 492 g/mol. The molecule has 0 aromatic rings. The maximum absolute atomic E-state index is 13.2. The Morgan fingerprint density at radius 1 is 0.812 bits per heavy atom. The van der Waals surface area contributed by atoms with Gasteiger partial charge in [0, 0.05) is 19.6 Å². The SMILES string of the molecule is CC(C)(C)[Si](C)(C)OC(C(=O)NCCN)C(O[Si](C)(C)C(C)(C)C)C(=O)NCCC(=O)O. The van der Waals surface area contributed by atoms with Crippen molar-refractivity contribution >= 4 is 34.4 Å². The van der Waals surface area contributed by atoms with Crippen molar-refractivity contribution in [2.75, 3.05) is 19.6 Å². The quantitative estimate of drug-likeness (QED) is 0.307. The van der Waals surface area contributed by atoms with Crippen LogP contribution in [-0.2, 0) is 23.2 Å². The second kappa shape index (κ2) is 11.7. The molecule has 5 N–H and O–H groups in total. The number of nitrogens with two attached hydrogens (primary N) is 1. The van der Waals surface area contributed by atoms with Crippen LogP contribution in [0.3, 0.4) is 0 Å². The van der Waals surface area contributed by atoms with E-state index in [1.165, 1.54) is 0 Å². The molecule has 188 valence electrons. The molecule has 0 heterocycles. The Labute approximate surface area is 195 Å². The van der Waals surface area contributed by atoms with E-state index >= 15 is 0 Å². The van der Waals surface area contributed by atoms with Gasteiger partial charge >= 0.3 is 5.97 Å². The molecule has 0 aliphatic rings. The van der Waals surface area contributed by atoms with E-state index in [0.717, 1.165) is 0 Å². The highest BCUT2D eigenvalue weighted by Crippen LogP contribution is 2.40. The van der Waals surface area contributed by atoms with Crippen molar-refractivity contribution < 1.29 is 28.3 Å². The third kappa shape index (κ3) is 9.30. The van der Waals surface area contributed by atoms with Crippen LogP contribution < -0.4 is 16.4 Å². The molecular formula is C21H45N3O6Si2. The minimum Gasteiger partial charge on any atom is -0.481 e. The van der Waals surface area contributed by atoms with Gasteiger partial charge in [-0.2, -0.15) is 0 Å². The Hall–Kier alpha value is -1.28. The summed E-state index contributed by atoms with van der Waals surface area (Å²) in [6, 6.07) is 0. The zero-order valence-electron chi connectivity index (χ0n) is 21.5. The molecule has 2 unspecified atom stereocenters. The van der Waals surface area contributed by atoms with Gasteiger partial charge < -0.3 is 30.3 Å². The molecule has 2 amide bonds. The lowest BCUT2D eigenvalue weighted by atomic mass is 10.1. The van der Waals surface area contributed by atoms with Crippen molar-refractivity contribution in [2.24, 2.45) is 5.73 Å². The number of carboxylic acid groups (broad SMARTS) is 1. The van der Waals surface area contributed by atoms with E-state index in [0.29, 0.717) is 0 Å². The number of carboxylic acids is 1. The smallest absolute Gasteiger partial charge is 0.305 e. The molecule has 0 aromatic heterocycles. The number of carbonyl (C=O) groups is 3. The highest BCUT2D eigenvalue weighted by Gasteiger charge is 2.48. The van der Waals surface area contributed by atoms with Gasteiger partial charge in [-0.3, -0.25) is 14.4 Å². The lowest BCUT2D eigenvalue weighted by molar-refractivity contribution is -0.144. The van der Waals surface area contributed by atoms with E-state index in [1.807, 2.05) is 67.7 Å². The number of rotatable bonds is 12. The molecule has 0 saturated carbocycles. The second-order valence-corrected chi connectivity index (χ2v) is 20.6. The minimum absolute atomic E-state index is 0.0667. The third-order valence-corrected chi connectivity index (χ3v) is 15.2. The van der Waals surface area contributed by atoms with Crippen LogP contribution in [0.25, 0.3) is 0 Å².